The van der Waals surface area contributed by atoms with Gasteiger partial charge in [-0.1, -0.05) is 30.3 Å². The van der Waals surface area contributed by atoms with Gasteiger partial charge in [0.15, 0.2) is 0 Å². The van der Waals surface area contributed by atoms with E-state index in [0.717, 1.165) is 18.8 Å². The first-order valence-corrected chi connectivity index (χ1v) is 7.18. The van der Waals surface area contributed by atoms with Crippen molar-refractivity contribution in [2.24, 2.45) is 5.84 Å². The molecule has 3 rings (SSSR count). The normalized spacial score (nSPS) is 17.9. The van der Waals surface area contributed by atoms with Crippen LogP contribution >= 0.6 is 0 Å². The second kappa shape index (κ2) is 5.34. The first kappa shape index (κ1) is 13.3. The largest absolute Gasteiger partial charge is 0.271 e. The average molecular weight is 271 g/mol. The molecule has 1 aliphatic carbocycles. The lowest BCUT2D eigenvalue weighted by Crippen LogP contribution is -2.46. The highest BCUT2D eigenvalue weighted by atomic mass is 15.3. The van der Waals surface area contributed by atoms with E-state index in [1.807, 2.05) is 4.68 Å². The predicted octanol–water partition coefficient (Wildman–Crippen LogP) is 1.40. The molecule has 0 bridgehead atoms. The number of nitrogens with two attached hydrogens (primary N) is 1. The number of aryl methyl sites for hydroxylation is 1. The Hall–Kier alpha value is -1.72. The number of aromatic nitrogens is 3. The van der Waals surface area contributed by atoms with Gasteiger partial charge in [-0.15, -0.1) is 0 Å². The van der Waals surface area contributed by atoms with Crippen LogP contribution in [-0.2, 0) is 18.4 Å². The van der Waals surface area contributed by atoms with E-state index in [9.17, 15) is 0 Å². The van der Waals surface area contributed by atoms with E-state index in [1.54, 1.807) is 6.33 Å². The molecule has 1 aromatic heterocycles. The number of rotatable bonds is 6. The zero-order chi connectivity index (χ0) is 14.0. The fourth-order valence-electron chi connectivity index (χ4n) is 3.05. The van der Waals surface area contributed by atoms with E-state index in [4.69, 9.17) is 5.84 Å². The lowest BCUT2D eigenvalue weighted by molar-refractivity contribution is 0.405. The third-order valence-electron chi connectivity index (χ3n) is 4.39. The standard InChI is InChI=1S/C15H21N5/c1-2-20-14(17-11-18-20)10-13(19-16)15(8-9-15)12-6-4-3-5-7-12/h3-7,11,13,19H,2,8-10,16H2,1H3. The number of hydrogen-bond donors (Lipinski definition) is 2. The van der Waals surface area contributed by atoms with Gasteiger partial charge < -0.3 is 0 Å². The Morgan fingerprint density at radius 2 is 2.10 bits per heavy atom. The van der Waals surface area contributed by atoms with Gasteiger partial charge in [-0.3, -0.25) is 16.0 Å². The molecule has 0 saturated heterocycles. The molecule has 0 spiro atoms. The number of hydrogen-bond acceptors (Lipinski definition) is 4. The van der Waals surface area contributed by atoms with Crippen LogP contribution in [0.15, 0.2) is 36.7 Å². The highest BCUT2D eigenvalue weighted by Crippen LogP contribution is 2.51. The molecule has 20 heavy (non-hydrogen) atoms. The van der Waals surface area contributed by atoms with Crippen molar-refractivity contribution in [3.63, 3.8) is 0 Å². The molecule has 0 radical (unpaired) electrons. The Bertz CT molecular complexity index is 559. The molecule has 3 N–H and O–H groups in total. The molecule has 2 aromatic rings. The minimum absolute atomic E-state index is 0.153. The maximum absolute atomic E-state index is 5.84. The van der Waals surface area contributed by atoms with Crippen LogP contribution in [-0.4, -0.2) is 20.8 Å². The van der Waals surface area contributed by atoms with Crippen molar-refractivity contribution in [2.45, 2.75) is 44.2 Å². The van der Waals surface area contributed by atoms with Gasteiger partial charge in [-0.2, -0.15) is 5.10 Å². The van der Waals surface area contributed by atoms with E-state index in [0.29, 0.717) is 0 Å². The lowest BCUT2D eigenvalue weighted by Gasteiger charge is -2.26. The molecular formula is C15H21N5. The Morgan fingerprint density at radius 3 is 2.70 bits per heavy atom. The van der Waals surface area contributed by atoms with E-state index in [-0.39, 0.29) is 11.5 Å². The third kappa shape index (κ3) is 2.23. The summed E-state index contributed by atoms with van der Waals surface area (Å²) < 4.78 is 1.94. The Labute approximate surface area is 119 Å². The van der Waals surface area contributed by atoms with E-state index < -0.39 is 0 Å². The predicted molar refractivity (Wildman–Crippen MR) is 77.9 cm³/mol. The van der Waals surface area contributed by atoms with Crippen molar-refractivity contribution in [1.82, 2.24) is 20.2 Å². The topological polar surface area (TPSA) is 68.8 Å². The van der Waals surface area contributed by atoms with Gasteiger partial charge in [-0.05, 0) is 25.3 Å². The number of nitrogens with zero attached hydrogens (tertiary/aromatic N) is 3. The number of nitrogens with one attached hydrogen (secondary N) is 1. The Kier molecular flexibility index (Phi) is 3.54. The molecule has 1 saturated carbocycles. The van der Waals surface area contributed by atoms with E-state index in [2.05, 4.69) is 52.8 Å². The fourth-order valence-corrected chi connectivity index (χ4v) is 3.05. The molecule has 1 atom stereocenters. The molecule has 5 nitrogen and oxygen atoms in total. The molecule has 1 aromatic carbocycles. The molecule has 0 aliphatic heterocycles. The monoisotopic (exact) mass is 271 g/mol. The molecule has 1 aliphatic rings. The molecule has 1 fully saturated rings. The SMILES string of the molecule is CCn1ncnc1CC(NN)C1(c2ccccc2)CC1. The van der Waals surface area contributed by atoms with Gasteiger partial charge in [0.25, 0.3) is 0 Å². The van der Waals surface area contributed by atoms with Crippen LogP contribution < -0.4 is 11.3 Å². The summed E-state index contributed by atoms with van der Waals surface area (Å²) in [6, 6.07) is 10.8. The van der Waals surface area contributed by atoms with Gasteiger partial charge in [0.2, 0.25) is 0 Å². The molecule has 0 amide bonds. The van der Waals surface area contributed by atoms with E-state index >= 15 is 0 Å². The highest BCUT2D eigenvalue weighted by molar-refractivity contribution is 5.34. The van der Waals surface area contributed by atoms with Gasteiger partial charge >= 0.3 is 0 Å². The molecule has 106 valence electrons. The average Bonchev–Trinajstić information content (AvgIpc) is 3.19. The zero-order valence-electron chi connectivity index (χ0n) is 11.8. The van der Waals surface area contributed by atoms with Crippen molar-refractivity contribution < 1.29 is 0 Å². The maximum atomic E-state index is 5.84. The summed E-state index contributed by atoms with van der Waals surface area (Å²) in [7, 11) is 0. The first-order valence-electron chi connectivity index (χ1n) is 7.18. The smallest absolute Gasteiger partial charge is 0.138 e. The van der Waals surface area contributed by atoms with Crippen molar-refractivity contribution in [3.8, 4) is 0 Å². The van der Waals surface area contributed by atoms with Crippen LogP contribution in [0, 0.1) is 0 Å². The summed E-state index contributed by atoms with van der Waals surface area (Å²) in [4.78, 5) is 4.37. The van der Waals surface area contributed by atoms with Crippen molar-refractivity contribution in [3.05, 3.63) is 48.0 Å². The van der Waals surface area contributed by atoms with Crippen LogP contribution in [0.4, 0.5) is 0 Å². The van der Waals surface area contributed by atoms with Gasteiger partial charge in [-0.25, -0.2) is 4.98 Å². The summed E-state index contributed by atoms with van der Waals surface area (Å²) in [5.74, 6) is 6.83. The zero-order valence-corrected chi connectivity index (χ0v) is 11.8. The summed E-state index contributed by atoms with van der Waals surface area (Å²) in [6.45, 7) is 2.91. The summed E-state index contributed by atoms with van der Waals surface area (Å²) >= 11 is 0. The summed E-state index contributed by atoms with van der Waals surface area (Å²) in [5.41, 5.74) is 4.53. The quantitative estimate of drug-likeness (QED) is 0.615. The van der Waals surface area contributed by atoms with Crippen LogP contribution in [0.1, 0.15) is 31.2 Å². The maximum Gasteiger partial charge on any atom is 0.138 e. The van der Waals surface area contributed by atoms with Crippen LogP contribution in [0.2, 0.25) is 0 Å². The number of benzene rings is 1. The second-order valence-corrected chi connectivity index (χ2v) is 5.44. The molecule has 1 heterocycles. The van der Waals surface area contributed by atoms with Crippen LogP contribution in [0.25, 0.3) is 0 Å². The third-order valence-corrected chi connectivity index (χ3v) is 4.39. The van der Waals surface area contributed by atoms with Gasteiger partial charge in [0.1, 0.15) is 12.2 Å². The van der Waals surface area contributed by atoms with Crippen LogP contribution in [0.3, 0.4) is 0 Å². The van der Waals surface area contributed by atoms with Gasteiger partial charge in [0.05, 0.1) is 0 Å². The first-order chi connectivity index (χ1) is 9.80. The van der Waals surface area contributed by atoms with Gasteiger partial charge in [0, 0.05) is 24.4 Å². The Morgan fingerprint density at radius 1 is 1.35 bits per heavy atom. The second-order valence-electron chi connectivity index (χ2n) is 5.44. The highest BCUT2D eigenvalue weighted by Gasteiger charge is 2.50. The molecule has 1 unspecified atom stereocenters. The molecular weight excluding hydrogens is 250 g/mol. The van der Waals surface area contributed by atoms with Crippen molar-refractivity contribution in [2.75, 3.05) is 0 Å². The molecule has 5 heteroatoms. The van der Waals surface area contributed by atoms with Crippen molar-refractivity contribution >= 4 is 0 Å². The lowest BCUT2D eigenvalue weighted by atomic mass is 9.86. The minimum atomic E-state index is 0.153. The minimum Gasteiger partial charge on any atom is -0.271 e. The fraction of sp³-hybridized carbons (Fsp3) is 0.467. The summed E-state index contributed by atoms with van der Waals surface area (Å²) in [5, 5.41) is 4.23. The summed E-state index contributed by atoms with van der Waals surface area (Å²) in [6.07, 6.45) is 4.77. The van der Waals surface area contributed by atoms with Crippen molar-refractivity contribution in [1.29, 1.82) is 0 Å². The van der Waals surface area contributed by atoms with Crippen LogP contribution in [0.5, 0.6) is 0 Å². The number of hydrazine groups is 1. The Balaban J connectivity index is 1.84. The van der Waals surface area contributed by atoms with E-state index in [1.165, 1.54) is 18.4 Å².